The minimum Gasteiger partial charge on any atom is -0.382 e. The summed E-state index contributed by atoms with van der Waals surface area (Å²) in [6.45, 7) is 8.39. The van der Waals surface area contributed by atoms with E-state index in [9.17, 15) is 0 Å². The van der Waals surface area contributed by atoms with Crippen LogP contribution in [0.2, 0.25) is 0 Å². The van der Waals surface area contributed by atoms with E-state index in [0.717, 1.165) is 32.7 Å². The van der Waals surface area contributed by atoms with Crippen molar-refractivity contribution in [2.24, 2.45) is 10.7 Å². The van der Waals surface area contributed by atoms with Crippen molar-refractivity contribution in [3.63, 3.8) is 0 Å². The number of piperidine rings is 1. The molecule has 0 aliphatic carbocycles. The predicted octanol–water partition coefficient (Wildman–Crippen LogP) is 2.50. The van der Waals surface area contributed by atoms with Gasteiger partial charge in [0.25, 0.3) is 0 Å². The molecule has 3 N–H and O–H groups in total. The van der Waals surface area contributed by atoms with Crippen molar-refractivity contribution in [2.45, 2.75) is 45.7 Å². The van der Waals surface area contributed by atoms with Gasteiger partial charge in [-0.05, 0) is 50.4 Å². The summed E-state index contributed by atoms with van der Waals surface area (Å²) in [5.74, 6) is 0.513. The Morgan fingerprint density at radius 2 is 1.96 bits per heavy atom. The highest BCUT2D eigenvalue weighted by atomic mass is 16.5. The summed E-state index contributed by atoms with van der Waals surface area (Å²) in [5, 5.41) is 3.15. The number of likely N-dealkylation sites (tertiary alicyclic amines) is 1. The molecule has 2 rings (SSSR count). The summed E-state index contributed by atoms with van der Waals surface area (Å²) in [5.41, 5.74) is 8.59. The van der Waals surface area contributed by atoms with Crippen LogP contribution in [0.15, 0.2) is 29.3 Å². The molecule has 1 fully saturated rings. The molecule has 0 spiro atoms. The van der Waals surface area contributed by atoms with Gasteiger partial charge in [0.1, 0.15) is 0 Å². The SMILES string of the molecule is CCOCCCNC(N)=NCc1ccccc1CN1CCCCC1. The number of ether oxygens (including phenoxy) is 1. The molecule has 0 saturated carbocycles. The third-order valence-electron chi connectivity index (χ3n) is 4.36. The van der Waals surface area contributed by atoms with Crippen molar-refractivity contribution in [3.05, 3.63) is 35.4 Å². The number of benzene rings is 1. The Hall–Kier alpha value is -1.59. The molecule has 5 heteroatoms. The topological polar surface area (TPSA) is 62.9 Å². The second-order valence-electron chi connectivity index (χ2n) is 6.28. The predicted molar refractivity (Wildman–Crippen MR) is 100 cm³/mol. The number of nitrogens with one attached hydrogen (secondary N) is 1. The summed E-state index contributed by atoms with van der Waals surface area (Å²) in [7, 11) is 0. The molecule has 5 nitrogen and oxygen atoms in total. The fourth-order valence-electron chi connectivity index (χ4n) is 2.99. The molecule has 134 valence electrons. The maximum absolute atomic E-state index is 5.96. The molecule has 0 amide bonds. The molecule has 24 heavy (non-hydrogen) atoms. The number of hydrogen-bond donors (Lipinski definition) is 2. The van der Waals surface area contributed by atoms with Crippen LogP contribution in [0, 0.1) is 0 Å². The van der Waals surface area contributed by atoms with E-state index in [1.165, 1.54) is 43.5 Å². The monoisotopic (exact) mass is 332 g/mol. The maximum atomic E-state index is 5.96. The minimum atomic E-state index is 0.513. The zero-order valence-electron chi connectivity index (χ0n) is 15.0. The lowest BCUT2D eigenvalue weighted by molar-refractivity contribution is 0.145. The highest BCUT2D eigenvalue weighted by molar-refractivity contribution is 5.77. The first-order chi connectivity index (χ1) is 11.8. The van der Waals surface area contributed by atoms with Crippen molar-refractivity contribution in [1.82, 2.24) is 10.2 Å². The van der Waals surface area contributed by atoms with Gasteiger partial charge in [0, 0.05) is 26.3 Å². The average Bonchev–Trinajstić information content (AvgIpc) is 2.62. The molecule has 1 aromatic rings. The molecule has 1 saturated heterocycles. The number of hydrogen-bond acceptors (Lipinski definition) is 3. The van der Waals surface area contributed by atoms with Crippen LogP contribution in [0.3, 0.4) is 0 Å². The normalized spacial score (nSPS) is 16.3. The van der Waals surface area contributed by atoms with Gasteiger partial charge in [0.2, 0.25) is 0 Å². The molecule has 1 aliphatic rings. The van der Waals surface area contributed by atoms with Crippen LogP contribution >= 0.6 is 0 Å². The smallest absolute Gasteiger partial charge is 0.188 e. The van der Waals surface area contributed by atoms with Gasteiger partial charge in [-0.3, -0.25) is 4.90 Å². The molecule has 1 aliphatic heterocycles. The van der Waals surface area contributed by atoms with E-state index in [2.05, 4.69) is 39.5 Å². The van der Waals surface area contributed by atoms with Crippen molar-refractivity contribution in [2.75, 3.05) is 32.8 Å². The first kappa shape index (κ1) is 18.7. The van der Waals surface area contributed by atoms with E-state index in [1.807, 2.05) is 6.92 Å². The number of rotatable bonds is 9. The van der Waals surface area contributed by atoms with Crippen molar-refractivity contribution >= 4 is 5.96 Å². The van der Waals surface area contributed by atoms with Crippen LogP contribution in [-0.2, 0) is 17.8 Å². The second-order valence-corrected chi connectivity index (χ2v) is 6.28. The Bertz CT molecular complexity index is 498. The second kappa shape index (κ2) is 11.0. The zero-order chi connectivity index (χ0) is 17.0. The van der Waals surface area contributed by atoms with E-state index in [-0.39, 0.29) is 0 Å². The van der Waals surface area contributed by atoms with E-state index < -0.39 is 0 Å². The highest BCUT2D eigenvalue weighted by Gasteiger charge is 2.12. The summed E-state index contributed by atoms with van der Waals surface area (Å²) in [6, 6.07) is 8.56. The molecule has 0 atom stereocenters. The third kappa shape index (κ3) is 6.89. The van der Waals surface area contributed by atoms with E-state index in [0.29, 0.717) is 12.5 Å². The van der Waals surface area contributed by atoms with Crippen LogP contribution in [-0.4, -0.2) is 43.7 Å². The highest BCUT2D eigenvalue weighted by Crippen LogP contribution is 2.16. The Balaban J connectivity index is 1.81. The Morgan fingerprint density at radius 3 is 2.71 bits per heavy atom. The van der Waals surface area contributed by atoms with Gasteiger partial charge in [0.05, 0.1) is 6.54 Å². The maximum Gasteiger partial charge on any atom is 0.188 e. The van der Waals surface area contributed by atoms with Gasteiger partial charge in [-0.25, -0.2) is 4.99 Å². The summed E-state index contributed by atoms with van der Waals surface area (Å²) in [6.07, 6.45) is 4.95. The van der Waals surface area contributed by atoms with Gasteiger partial charge < -0.3 is 15.8 Å². The van der Waals surface area contributed by atoms with Crippen LogP contribution in [0.4, 0.5) is 0 Å². The quantitative estimate of drug-likeness (QED) is 0.414. The Morgan fingerprint density at radius 1 is 1.21 bits per heavy atom. The van der Waals surface area contributed by atoms with Gasteiger partial charge in [0.15, 0.2) is 5.96 Å². The molecule has 0 aromatic heterocycles. The lowest BCUT2D eigenvalue weighted by Crippen LogP contribution is -2.33. The van der Waals surface area contributed by atoms with Crippen LogP contribution in [0.5, 0.6) is 0 Å². The van der Waals surface area contributed by atoms with Crippen molar-refractivity contribution in [3.8, 4) is 0 Å². The summed E-state index contributed by atoms with van der Waals surface area (Å²) in [4.78, 5) is 7.03. The molecule has 1 aromatic carbocycles. The number of nitrogens with two attached hydrogens (primary N) is 1. The summed E-state index contributed by atoms with van der Waals surface area (Å²) >= 11 is 0. The summed E-state index contributed by atoms with van der Waals surface area (Å²) < 4.78 is 5.31. The largest absolute Gasteiger partial charge is 0.382 e. The minimum absolute atomic E-state index is 0.513. The standard InChI is InChI=1S/C19H32N4O/c1-2-24-14-8-11-21-19(20)22-15-17-9-4-5-10-18(17)16-23-12-6-3-7-13-23/h4-5,9-10H,2-3,6-8,11-16H2,1H3,(H3,20,21,22). The van der Waals surface area contributed by atoms with Crippen LogP contribution in [0.1, 0.15) is 43.7 Å². The molecule has 1 heterocycles. The first-order valence-corrected chi connectivity index (χ1v) is 9.20. The van der Waals surface area contributed by atoms with Gasteiger partial charge in [-0.15, -0.1) is 0 Å². The van der Waals surface area contributed by atoms with E-state index >= 15 is 0 Å². The van der Waals surface area contributed by atoms with Crippen LogP contribution < -0.4 is 11.1 Å². The van der Waals surface area contributed by atoms with Crippen LogP contribution in [0.25, 0.3) is 0 Å². The molecule has 0 bridgehead atoms. The molecular formula is C19H32N4O. The van der Waals surface area contributed by atoms with E-state index in [1.54, 1.807) is 0 Å². The molecule has 0 radical (unpaired) electrons. The van der Waals surface area contributed by atoms with Crippen molar-refractivity contribution < 1.29 is 4.74 Å². The van der Waals surface area contributed by atoms with Crippen molar-refractivity contribution in [1.29, 1.82) is 0 Å². The van der Waals surface area contributed by atoms with Gasteiger partial charge in [-0.2, -0.15) is 0 Å². The number of guanidine groups is 1. The molecular weight excluding hydrogens is 300 g/mol. The fourth-order valence-corrected chi connectivity index (χ4v) is 2.99. The first-order valence-electron chi connectivity index (χ1n) is 9.20. The fraction of sp³-hybridized carbons (Fsp3) is 0.632. The zero-order valence-corrected chi connectivity index (χ0v) is 15.0. The lowest BCUT2D eigenvalue weighted by atomic mass is 10.1. The Kier molecular flexibility index (Phi) is 8.63. The Labute approximate surface area is 146 Å². The lowest BCUT2D eigenvalue weighted by Gasteiger charge is -2.27. The average molecular weight is 332 g/mol. The van der Waals surface area contributed by atoms with E-state index in [4.69, 9.17) is 10.5 Å². The molecule has 0 unspecified atom stereocenters. The number of aliphatic imine (C=N–C) groups is 1. The van der Waals surface area contributed by atoms with Gasteiger partial charge >= 0.3 is 0 Å². The number of nitrogens with zero attached hydrogens (tertiary/aromatic N) is 2. The third-order valence-corrected chi connectivity index (χ3v) is 4.36. The van der Waals surface area contributed by atoms with Gasteiger partial charge in [-0.1, -0.05) is 30.7 Å².